The molecule has 0 spiro atoms. The Morgan fingerprint density at radius 3 is 2.11 bits per heavy atom. The van der Waals surface area contributed by atoms with Gasteiger partial charge in [-0.25, -0.2) is 4.79 Å². The van der Waals surface area contributed by atoms with Crippen LogP contribution in [0.2, 0.25) is 0 Å². The minimum absolute atomic E-state index is 0.240. The van der Waals surface area contributed by atoms with Crippen molar-refractivity contribution in [1.29, 1.82) is 0 Å². The van der Waals surface area contributed by atoms with Crippen molar-refractivity contribution >= 4 is 12.3 Å². The summed E-state index contributed by atoms with van der Waals surface area (Å²) in [5, 5.41) is 1.65. The van der Waals surface area contributed by atoms with Gasteiger partial charge in [0, 0.05) is 0 Å². The van der Waals surface area contributed by atoms with Crippen LogP contribution in [0, 0.1) is 5.92 Å². The third-order valence-electron chi connectivity index (χ3n) is 5.19. The third-order valence-corrected chi connectivity index (χ3v) is 5.19. The van der Waals surface area contributed by atoms with E-state index in [2.05, 4.69) is 0 Å². The van der Waals surface area contributed by atoms with Crippen LogP contribution in [0.3, 0.4) is 0 Å². The van der Waals surface area contributed by atoms with E-state index in [1.54, 1.807) is 18.9 Å². The number of carbonyl (C=O) groups excluding carboxylic acids is 2. The average molecular weight is 367 g/mol. The van der Waals surface area contributed by atoms with E-state index in [1.165, 1.54) is 0 Å². The first-order chi connectivity index (χ1) is 13.0. The summed E-state index contributed by atoms with van der Waals surface area (Å²) >= 11 is 0. The second kappa shape index (κ2) is 8.03. The molecule has 3 rings (SSSR count). The molecule has 1 aliphatic heterocycles. The molecule has 2 aromatic rings. The summed E-state index contributed by atoms with van der Waals surface area (Å²) < 4.78 is 5.34. The van der Waals surface area contributed by atoms with Crippen LogP contribution in [-0.4, -0.2) is 35.6 Å². The molecule has 0 aliphatic carbocycles. The van der Waals surface area contributed by atoms with Gasteiger partial charge >= 0.3 is 5.97 Å². The predicted octanol–water partition coefficient (Wildman–Crippen LogP) is 3.55. The molecule has 0 radical (unpaired) electrons. The zero-order valence-electron chi connectivity index (χ0n) is 15.9. The highest BCUT2D eigenvalue weighted by Gasteiger charge is 2.59. The quantitative estimate of drug-likeness (QED) is 0.577. The molecule has 1 heterocycles. The van der Waals surface area contributed by atoms with Gasteiger partial charge in [0.05, 0.1) is 24.7 Å². The third kappa shape index (κ3) is 3.40. The number of benzene rings is 2. The van der Waals surface area contributed by atoms with Gasteiger partial charge in [0.2, 0.25) is 0 Å². The zero-order chi connectivity index (χ0) is 19.4. The molecule has 5 heteroatoms. The van der Waals surface area contributed by atoms with E-state index in [9.17, 15) is 9.59 Å². The van der Waals surface area contributed by atoms with Gasteiger partial charge in [-0.05, 0) is 31.9 Å². The van der Waals surface area contributed by atoms with Gasteiger partial charge in [-0.1, -0.05) is 60.7 Å². The van der Waals surface area contributed by atoms with Crippen molar-refractivity contribution in [2.24, 2.45) is 5.92 Å². The van der Waals surface area contributed by atoms with Crippen molar-refractivity contribution in [3.8, 4) is 0 Å². The van der Waals surface area contributed by atoms with Crippen LogP contribution in [0.5, 0.6) is 0 Å². The highest BCUT2D eigenvalue weighted by atomic mass is 16.7. The molecule has 1 aliphatic rings. The van der Waals surface area contributed by atoms with Crippen LogP contribution < -0.4 is 0 Å². The Morgan fingerprint density at radius 1 is 1.15 bits per heavy atom. The van der Waals surface area contributed by atoms with Gasteiger partial charge in [0.15, 0.2) is 5.54 Å². The van der Waals surface area contributed by atoms with E-state index in [1.807, 2.05) is 67.6 Å². The van der Waals surface area contributed by atoms with E-state index in [4.69, 9.17) is 9.57 Å². The van der Waals surface area contributed by atoms with Crippen LogP contribution in [0.25, 0.3) is 0 Å². The first-order valence-corrected chi connectivity index (χ1v) is 9.22. The summed E-state index contributed by atoms with van der Waals surface area (Å²) in [4.78, 5) is 30.9. The molecule has 142 valence electrons. The molecular formula is C22H25NO4. The Kier molecular flexibility index (Phi) is 5.73. The first-order valence-electron chi connectivity index (χ1n) is 9.22. The van der Waals surface area contributed by atoms with Gasteiger partial charge < -0.3 is 9.53 Å². The smallest absolute Gasteiger partial charge is 0.329 e. The molecule has 0 unspecified atom stereocenters. The van der Waals surface area contributed by atoms with Crippen molar-refractivity contribution < 1.29 is 19.2 Å². The zero-order valence-corrected chi connectivity index (χ0v) is 15.9. The van der Waals surface area contributed by atoms with E-state index >= 15 is 0 Å². The summed E-state index contributed by atoms with van der Waals surface area (Å²) in [6.07, 6.45) is 0.362. The Morgan fingerprint density at radius 2 is 1.67 bits per heavy atom. The number of carbonyl (C=O) groups is 2. The predicted molar refractivity (Wildman–Crippen MR) is 102 cm³/mol. The number of nitrogens with zero attached hydrogens (tertiary/aromatic N) is 1. The second-order valence-corrected chi connectivity index (χ2v) is 6.89. The fourth-order valence-corrected chi connectivity index (χ4v) is 3.77. The van der Waals surface area contributed by atoms with Gasteiger partial charge in [-0.15, -0.1) is 0 Å². The lowest BCUT2D eigenvalue weighted by Gasteiger charge is -2.38. The highest BCUT2D eigenvalue weighted by Crippen LogP contribution is 2.45. The summed E-state index contributed by atoms with van der Waals surface area (Å²) in [5.41, 5.74) is 0.712. The lowest BCUT2D eigenvalue weighted by atomic mass is 9.82. The first kappa shape index (κ1) is 19.3. The number of hydrogen-bond acceptors (Lipinski definition) is 5. The van der Waals surface area contributed by atoms with E-state index in [0.29, 0.717) is 0 Å². The Labute approximate surface area is 159 Å². The van der Waals surface area contributed by atoms with Gasteiger partial charge in [-0.2, -0.15) is 5.06 Å². The summed E-state index contributed by atoms with van der Waals surface area (Å²) in [7, 11) is 0. The maximum Gasteiger partial charge on any atom is 0.329 e. The molecule has 1 fully saturated rings. The fourth-order valence-electron chi connectivity index (χ4n) is 3.77. The molecule has 0 saturated carbocycles. The monoisotopic (exact) mass is 367 g/mol. The van der Waals surface area contributed by atoms with Gasteiger partial charge in [0.25, 0.3) is 0 Å². The van der Waals surface area contributed by atoms with Crippen LogP contribution in [0.4, 0.5) is 0 Å². The van der Waals surface area contributed by atoms with Crippen molar-refractivity contribution in [1.82, 2.24) is 5.06 Å². The molecule has 27 heavy (non-hydrogen) atoms. The lowest BCUT2D eigenvalue weighted by molar-refractivity contribution is -0.213. The number of esters is 1. The lowest BCUT2D eigenvalue weighted by Crippen LogP contribution is -2.54. The summed E-state index contributed by atoms with van der Waals surface area (Å²) in [5.74, 6) is -1.09. The number of hydrogen-bond donors (Lipinski definition) is 0. The molecular weight excluding hydrogens is 342 g/mol. The molecule has 0 bridgehead atoms. The van der Waals surface area contributed by atoms with Gasteiger partial charge in [0.1, 0.15) is 6.29 Å². The van der Waals surface area contributed by atoms with Gasteiger partial charge in [-0.3, -0.25) is 4.84 Å². The fraction of sp³-hybridized carbons (Fsp3) is 0.364. The topological polar surface area (TPSA) is 55.8 Å². The van der Waals surface area contributed by atoms with Crippen LogP contribution in [0.15, 0.2) is 60.7 Å². The number of rotatable bonds is 6. The Balaban J connectivity index is 2.15. The van der Waals surface area contributed by atoms with E-state index < -0.39 is 23.5 Å². The number of hydroxylamine groups is 2. The molecule has 5 nitrogen and oxygen atoms in total. The van der Waals surface area contributed by atoms with Crippen molar-refractivity contribution in [2.45, 2.75) is 38.5 Å². The average Bonchev–Trinajstić information content (AvgIpc) is 2.95. The summed E-state index contributed by atoms with van der Waals surface area (Å²) in [6.45, 7) is 5.53. The number of aldehydes is 1. The molecule has 2 aromatic carbocycles. The Hall–Kier alpha value is -2.50. The van der Waals surface area contributed by atoms with Crippen LogP contribution in [-0.2, 0) is 19.2 Å². The van der Waals surface area contributed by atoms with Crippen LogP contribution in [0.1, 0.15) is 37.9 Å². The highest BCUT2D eigenvalue weighted by molar-refractivity contribution is 5.85. The largest absolute Gasteiger partial charge is 0.465 e. The van der Waals surface area contributed by atoms with Crippen molar-refractivity contribution in [3.05, 3.63) is 71.8 Å². The number of ether oxygens (including phenoxy) is 1. The maximum atomic E-state index is 13.0. The molecule has 0 aromatic heterocycles. The van der Waals surface area contributed by atoms with Crippen molar-refractivity contribution in [3.63, 3.8) is 0 Å². The standard InChI is InChI=1S/C22H25NO4/c1-4-26-21(25)22(3)19(15-24)16(2)27-23(22)20(17-11-7-5-8-12-17)18-13-9-6-10-14-18/h5-16,19-20H,4H2,1-3H3/t16-,19-,22-/m1/s1. The molecule has 0 N–H and O–H groups in total. The molecule has 3 atom stereocenters. The van der Waals surface area contributed by atoms with E-state index in [-0.39, 0.29) is 12.6 Å². The normalized spacial score (nSPS) is 25.5. The Bertz CT molecular complexity index is 740. The molecule has 1 saturated heterocycles. The van der Waals surface area contributed by atoms with Crippen molar-refractivity contribution in [2.75, 3.05) is 6.61 Å². The minimum Gasteiger partial charge on any atom is -0.465 e. The molecule has 0 amide bonds. The SMILES string of the molecule is CCOC(=O)[C@@]1(C)[C@H](C=O)[C@@H](C)ON1C(c1ccccc1)c1ccccc1. The van der Waals surface area contributed by atoms with Crippen LogP contribution >= 0.6 is 0 Å². The second-order valence-electron chi connectivity index (χ2n) is 6.89. The minimum atomic E-state index is -1.23. The summed E-state index contributed by atoms with van der Waals surface area (Å²) in [6, 6.07) is 19.3. The van der Waals surface area contributed by atoms with E-state index in [0.717, 1.165) is 17.4 Å². The maximum absolute atomic E-state index is 13.0.